The van der Waals surface area contributed by atoms with E-state index < -0.39 is 10.0 Å². The summed E-state index contributed by atoms with van der Waals surface area (Å²) in [6, 6.07) is 6.81. The fraction of sp³-hybridized carbons (Fsp3) is 0.308. The molecule has 3 N–H and O–H groups in total. The highest BCUT2D eigenvalue weighted by Gasteiger charge is 2.18. The van der Waals surface area contributed by atoms with Crippen LogP contribution in [0.2, 0.25) is 0 Å². The lowest BCUT2D eigenvalue weighted by molar-refractivity contribution is 0.417. The molecule has 0 atom stereocenters. The molecule has 0 saturated heterocycles. The van der Waals surface area contributed by atoms with Gasteiger partial charge in [-0.25, -0.2) is 8.42 Å². The minimum Gasteiger partial charge on any atom is -0.495 e. The zero-order valence-corrected chi connectivity index (χ0v) is 12.5. The zero-order chi connectivity index (χ0) is 15.3. The van der Waals surface area contributed by atoms with Gasteiger partial charge in [0.05, 0.1) is 19.0 Å². The third-order valence-electron chi connectivity index (χ3n) is 2.86. The molecule has 0 unspecified atom stereocenters. The molecule has 21 heavy (non-hydrogen) atoms. The van der Waals surface area contributed by atoms with Crippen molar-refractivity contribution in [2.24, 2.45) is 5.73 Å². The topological polar surface area (TPSA) is 99.2 Å². The highest BCUT2D eigenvalue weighted by molar-refractivity contribution is 7.92. The number of para-hydroxylation sites is 2. The number of ether oxygens (including phenoxy) is 1. The van der Waals surface area contributed by atoms with Crippen LogP contribution in [-0.2, 0) is 16.6 Å². The Kier molecular flexibility index (Phi) is 4.81. The second kappa shape index (κ2) is 6.59. The van der Waals surface area contributed by atoms with E-state index in [1.54, 1.807) is 28.9 Å². The predicted octanol–water partition coefficient (Wildman–Crippen LogP) is 1.04. The lowest BCUT2D eigenvalue weighted by Gasteiger charge is -2.10. The molecule has 0 aliphatic heterocycles. The molecule has 1 aromatic heterocycles. The molecule has 1 heterocycles. The van der Waals surface area contributed by atoms with Crippen LogP contribution in [0.25, 0.3) is 0 Å². The van der Waals surface area contributed by atoms with Crippen molar-refractivity contribution < 1.29 is 13.2 Å². The molecule has 1 aromatic carbocycles. The van der Waals surface area contributed by atoms with Gasteiger partial charge >= 0.3 is 0 Å². The summed E-state index contributed by atoms with van der Waals surface area (Å²) in [7, 11) is -2.21. The zero-order valence-electron chi connectivity index (χ0n) is 11.7. The minimum atomic E-state index is -3.69. The summed E-state index contributed by atoms with van der Waals surface area (Å²) in [5.41, 5.74) is 5.80. The predicted molar refractivity (Wildman–Crippen MR) is 79.7 cm³/mol. The van der Waals surface area contributed by atoms with Crippen LogP contribution < -0.4 is 15.2 Å². The maximum atomic E-state index is 12.3. The van der Waals surface area contributed by atoms with Crippen LogP contribution in [0.1, 0.15) is 6.42 Å². The number of benzene rings is 1. The first kappa shape index (κ1) is 15.3. The van der Waals surface area contributed by atoms with Crippen LogP contribution in [0.5, 0.6) is 5.75 Å². The summed E-state index contributed by atoms with van der Waals surface area (Å²) in [5, 5.41) is 4.01. The maximum absolute atomic E-state index is 12.3. The number of nitrogens with two attached hydrogens (primary N) is 1. The van der Waals surface area contributed by atoms with E-state index in [2.05, 4.69) is 9.82 Å². The number of hydrogen-bond donors (Lipinski definition) is 2. The number of aryl methyl sites for hydroxylation is 1. The first-order valence-corrected chi connectivity index (χ1v) is 7.93. The standard InChI is InChI=1S/C13H18N4O3S/c1-20-13-6-3-2-5-12(13)16-21(18,19)11-9-15-17(10-11)8-4-7-14/h2-3,5-6,9-10,16H,4,7-8,14H2,1H3. The number of nitrogens with zero attached hydrogens (tertiary/aromatic N) is 2. The average Bonchev–Trinajstić information content (AvgIpc) is 2.95. The highest BCUT2D eigenvalue weighted by Crippen LogP contribution is 2.25. The monoisotopic (exact) mass is 310 g/mol. The number of methoxy groups -OCH3 is 1. The normalized spacial score (nSPS) is 11.3. The van der Waals surface area contributed by atoms with E-state index in [-0.39, 0.29) is 4.90 Å². The quantitative estimate of drug-likeness (QED) is 0.796. The van der Waals surface area contributed by atoms with Crippen molar-refractivity contribution >= 4 is 15.7 Å². The Morgan fingerprint density at radius 3 is 2.86 bits per heavy atom. The van der Waals surface area contributed by atoms with Crippen molar-refractivity contribution in [3.8, 4) is 5.75 Å². The molecule has 0 fully saturated rings. The third kappa shape index (κ3) is 3.73. The average molecular weight is 310 g/mol. The number of aromatic nitrogens is 2. The Bertz CT molecular complexity index is 697. The molecule has 0 aliphatic rings. The van der Waals surface area contributed by atoms with Gasteiger partial charge in [0.15, 0.2) is 0 Å². The summed E-state index contributed by atoms with van der Waals surface area (Å²) >= 11 is 0. The summed E-state index contributed by atoms with van der Waals surface area (Å²) in [6.45, 7) is 1.11. The lowest BCUT2D eigenvalue weighted by atomic mass is 10.3. The van der Waals surface area contributed by atoms with Crippen molar-refractivity contribution in [2.75, 3.05) is 18.4 Å². The van der Waals surface area contributed by atoms with Gasteiger partial charge in [0, 0.05) is 12.7 Å². The fourth-order valence-electron chi connectivity index (χ4n) is 1.79. The van der Waals surface area contributed by atoms with Crippen LogP contribution in [-0.4, -0.2) is 31.9 Å². The van der Waals surface area contributed by atoms with Crippen LogP contribution in [0, 0.1) is 0 Å². The molecule has 8 heteroatoms. The third-order valence-corrected chi connectivity index (χ3v) is 4.18. The Balaban J connectivity index is 2.20. The van der Waals surface area contributed by atoms with Gasteiger partial charge in [0.2, 0.25) is 0 Å². The first-order chi connectivity index (χ1) is 10.1. The smallest absolute Gasteiger partial charge is 0.265 e. The first-order valence-electron chi connectivity index (χ1n) is 6.45. The lowest BCUT2D eigenvalue weighted by Crippen LogP contribution is -2.13. The number of hydrogen-bond acceptors (Lipinski definition) is 5. The second-order valence-electron chi connectivity index (χ2n) is 4.39. The molecule has 0 aliphatic carbocycles. The SMILES string of the molecule is COc1ccccc1NS(=O)(=O)c1cnn(CCCN)c1. The van der Waals surface area contributed by atoms with Gasteiger partial charge in [-0.05, 0) is 25.1 Å². The van der Waals surface area contributed by atoms with Crippen LogP contribution in [0.3, 0.4) is 0 Å². The van der Waals surface area contributed by atoms with Gasteiger partial charge in [0.1, 0.15) is 10.6 Å². The van der Waals surface area contributed by atoms with Gasteiger partial charge in [-0.15, -0.1) is 0 Å². The van der Waals surface area contributed by atoms with E-state index in [0.717, 1.165) is 6.42 Å². The summed E-state index contributed by atoms with van der Waals surface area (Å²) in [6.07, 6.45) is 3.53. The molecule has 2 rings (SSSR count). The van der Waals surface area contributed by atoms with Gasteiger partial charge in [0.25, 0.3) is 10.0 Å². The Hall–Kier alpha value is -2.06. The van der Waals surface area contributed by atoms with E-state index in [9.17, 15) is 8.42 Å². The molecule has 2 aromatic rings. The van der Waals surface area contributed by atoms with Crippen LogP contribution in [0.15, 0.2) is 41.6 Å². The van der Waals surface area contributed by atoms with Crippen molar-refractivity contribution in [1.82, 2.24) is 9.78 Å². The van der Waals surface area contributed by atoms with Crippen molar-refractivity contribution in [3.05, 3.63) is 36.7 Å². The van der Waals surface area contributed by atoms with E-state index >= 15 is 0 Å². The number of sulfonamides is 1. The van der Waals surface area contributed by atoms with Gasteiger partial charge < -0.3 is 10.5 Å². The van der Waals surface area contributed by atoms with E-state index in [4.69, 9.17) is 10.5 Å². The molecule has 0 bridgehead atoms. The minimum absolute atomic E-state index is 0.102. The van der Waals surface area contributed by atoms with Gasteiger partial charge in [-0.3, -0.25) is 9.40 Å². The van der Waals surface area contributed by atoms with Gasteiger partial charge in [-0.1, -0.05) is 12.1 Å². The molecule has 114 valence electrons. The fourth-order valence-corrected chi connectivity index (χ4v) is 2.81. The molecule has 0 spiro atoms. The summed E-state index contributed by atoms with van der Waals surface area (Å²) in [5.74, 6) is 0.455. The van der Waals surface area contributed by atoms with Gasteiger partial charge in [-0.2, -0.15) is 5.10 Å². The Labute approximate surface area is 123 Å². The highest BCUT2D eigenvalue weighted by atomic mass is 32.2. The van der Waals surface area contributed by atoms with E-state index in [1.807, 2.05) is 0 Å². The second-order valence-corrected chi connectivity index (χ2v) is 6.07. The van der Waals surface area contributed by atoms with Crippen LogP contribution >= 0.6 is 0 Å². The van der Waals surface area contributed by atoms with E-state index in [1.165, 1.54) is 19.5 Å². The molecular weight excluding hydrogens is 292 g/mol. The molecule has 0 amide bonds. The maximum Gasteiger partial charge on any atom is 0.265 e. The molecular formula is C13H18N4O3S. The Morgan fingerprint density at radius 1 is 1.38 bits per heavy atom. The van der Waals surface area contributed by atoms with Crippen LogP contribution in [0.4, 0.5) is 5.69 Å². The Morgan fingerprint density at radius 2 is 2.14 bits per heavy atom. The van der Waals surface area contributed by atoms with Crippen molar-refractivity contribution in [3.63, 3.8) is 0 Å². The largest absolute Gasteiger partial charge is 0.495 e. The molecule has 7 nitrogen and oxygen atoms in total. The summed E-state index contributed by atoms with van der Waals surface area (Å²) in [4.78, 5) is 0.102. The number of rotatable bonds is 7. The molecule has 0 saturated carbocycles. The summed E-state index contributed by atoms with van der Waals surface area (Å²) < 4.78 is 33.8. The molecule has 0 radical (unpaired) electrons. The van der Waals surface area contributed by atoms with Crippen molar-refractivity contribution in [2.45, 2.75) is 17.9 Å². The number of anilines is 1. The number of nitrogens with one attached hydrogen (secondary N) is 1. The van der Waals surface area contributed by atoms with E-state index in [0.29, 0.717) is 24.5 Å². The van der Waals surface area contributed by atoms with Crippen molar-refractivity contribution in [1.29, 1.82) is 0 Å².